The third kappa shape index (κ3) is 4.88. The Morgan fingerprint density at radius 2 is 1.55 bits per heavy atom. The lowest BCUT2D eigenvalue weighted by Gasteiger charge is -2.13. The van der Waals surface area contributed by atoms with Crippen LogP contribution in [0.3, 0.4) is 0 Å². The van der Waals surface area contributed by atoms with E-state index >= 15 is 0 Å². The van der Waals surface area contributed by atoms with Gasteiger partial charge in [-0.15, -0.1) is 10.2 Å². The van der Waals surface area contributed by atoms with E-state index in [0.29, 0.717) is 22.2 Å². The molecule has 0 fully saturated rings. The minimum atomic E-state index is 0.577. The highest BCUT2D eigenvalue weighted by Gasteiger charge is 2.11. The second kappa shape index (κ2) is 8.82. The van der Waals surface area contributed by atoms with E-state index in [4.69, 9.17) is 23.2 Å². The third-order valence-corrected chi connectivity index (χ3v) is 5.82. The summed E-state index contributed by atoms with van der Waals surface area (Å²) >= 11 is 14.1. The Hall–Kier alpha value is -2.60. The summed E-state index contributed by atoms with van der Waals surface area (Å²) in [5.41, 5.74) is 4.93. The van der Waals surface area contributed by atoms with Crippen molar-refractivity contribution >= 4 is 56.7 Å². The minimum absolute atomic E-state index is 0.577. The van der Waals surface area contributed by atoms with Gasteiger partial charge in [-0.1, -0.05) is 76.5 Å². The molecule has 0 unspecified atom stereocenters. The van der Waals surface area contributed by atoms with Gasteiger partial charge in [-0.05, 0) is 42.8 Å². The molecule has 4 rings (SSSR count). The SMILES string of the molecule is Cc1ccc(Nc2nnc(Cc3ccccc3Nc3c(Cl)cccc3Cl)s2)cc1. The molecule has 1 heterocycles. The number of halogens is 2. The van der Waals surface area contributed by atoms with Gasteiger partial charge in [-0.3, -0.25) is 0 Å². The zero-order valence-corrected chi connectivity index (χ0v) is 17.9. The fraction of sp³-hybridized carbons (Fsp3) is 0.0909. The molecule has 0 amide bonds. The highest BCUT2D eigenvalue weighted by molar-refractivity contribution is 7.15. The number of anilines is 4. The van der Waals surface area contributed by atoms with Gasteiger partial charge in [0.15, 0.2) is 0 Å². The number of para-hydroxylation sites is 2. The normalized spacial score (nSPS) is 10.7. The molecule has 0 atom stereocenters. The van der Waals surface area contributed by atoms with Crippen molar-refractivity contribution in [1.82, 2.24) is 10.2 Å². The number of benzene rings is 3. The quantitative estimate of drug-likeness (QED) is 0.331. The van der Waals surface area contributed by atoms with Crippen LogP contribution < -0.4 is 10.6 Å². The van der Waals surface area contributed by atoms with Crippen LogP contribution in [0.2, 0.25) is 10.0 Å². The van der Waals surface area contributed by atoms with Crippen molar-refractivity contribution in [3.8, 4) is 0 Å². The van der Waals surface area contributed by atoms with Gasteiger partial charge < -0.3 is 10.6 Å². The Bertz CT molecular complexity index is 1110. The maximum Gasteiger partial charge on any atom is 0.210 e. The van der Waals surface area contributed by atoms with Gasteiger partial charge in [0.1, 0.15) is 5.01 Å². The average Bonchev–Trinajstić information content (AvgIpc) is 3.15. The first-order valence-corrected chi connectivity index (χ1v) is 10.6. The molecule has 4 aromatic rings. The van der Waals surface area contributed by atoms with Gasteiger partial charge >= 0.3 is 0 Å². The fourth-order valence-corrected chi connectivity index (χ4v) is 4.12. The lowest BCUT2D eigenvalue weighted by atomic mass is 10.1. The highest BCUT2D eigenvalue weighted by Crippen LogP contribution is 2.34. The molecule has 0 saturated heterocycles. The predicted molar refractivity (Wildman–Crippen MR) is 123 cm³/mol. The molecule has 0 spiro atoms. The van der Waals surface area contributed by atoms with Gasteiger partial charge in [0.25, 0.3) is 0 Å². The van der Waals surface area contributed by atoms with Crippen molar-refractivity contribution in [3.63, 3.8) is 0 Å². The fourth-order valence-electron chi connectivity index (χ4n) is 2.85. The van der Waals surface area contributed by atoms with Crippen molar-refractivity contribution in [1.29, 1.82) is 0 Å². The zero-order chi connectivity index (χ0) is 20.2. The Balaban J connectivity index is 1.52. The van der Waals surface area contributed by atoms with Crippen LogP contribution in [0.1, 0.15) is 16.1 Å². The van der Waals surface area contributed by atoms with Crippen LogP contribution in [0.15, 0.2) is 66.7 Å². The van der Waals surface area contributed by atoms with Crippen molar-refractivity contribution in [2.45, 2.75) is 13.3 Å². The number of hydrogen-bond donors (Lipinski definition) is 2. The molecule has 0 aliphatic carbocycles. The van der Waals surface area contributed by atoms with E-state index < -0.39 is 0 Å². The summed E-state index contributed by atoms with van der Waals surface area (Å²) in [5, 5.41) is 18.1. The number of rotatable bonds is 6. The molecule has 3 aromatic carbocycles. The molecule has 4 nitrogen and oxygen atoms in total. The van der Waals surface area contributed by atoms with E-state index in [0.717, 1.165) is 27.1 Å². The zero-order valence-electron chi connectivity index (χ0n) is 15.6. The Kier molecular flexibility index (Phi) is 6.00. The first-order valence-electron chi connectivity index (χ1n) is 9.03. The van der Waals surface area contributed by atoms with E-state index in [-0.39, 0.29) is 0 Å². The van der Waals surface area contributed by atoms with Crippen LogP contribution in [-0.4, -0.2) is 10.2 Å². The maximum absolute atomic E-state index is 6.31. The maximum atomic E-state index is 6.31. The van der Waals surface area contributed by atoms with Crippen LogP contribution in [0.4, 0.5) is 22.2 Å². The minimum Gasteiger partial charge on any atom is -0.353 e. The summed E-state index contributed by atoms with van der Waals surface area (Å²) in [6.07, 6.45) is 0.651. The first-order chi connectivity index (χ1) is 14.1. The van der Waals surface area contributed by atoms with E-state index in [1.807, 2.05) is 48.5 Å². The summed E-state index contributed by atoms with van der Waals surface area (Å²) in [6.45, 7) is 2.06. The van der Waals surface area contributed by atoms with Gasteiger partial charge in [0, 0.05) is 17.8 Å². The van der Waals surface area contributed by atoms with Crippen molar-refractivity contribution in [2.24, 2.45) is 0 Å². The van der Waals surface area contributed by atoms with Gasteiger partial charge in [0.2, 0.25) is 5.13 Å². The average molecular weight is 441 g/mol. The molecule has 0 radical (unpaired) electrons. The van der Waals surface area contributed by atoms with Crippen LogP contribution in [0.5, 0.6) is 0 Å². The van der Waals surface area contributed by atoms with E-state index in [9.17, 15) is 0 Å². The number of aromatic nitrogens is 2. The molecular formula is C22H18Cl2N4S. The third-order valence-electron chi connectivity index (χ3n) is 4.35. The summed E-state index contributed by atoms with van der Waals surface area (Å²) in [5.74, 6) is 0. The Labute approximate surface area is 183 Å². The molecule has 0 bridgehead atoms. The molecule has 2 N–H and O–H groups in total. The van der Waals surface area contributed by atoms with Crippen LogP contribution >= 0.6 is 34.5 Å². The van der Waals surface area contributed by atoms with Crippen molar-refractivity contribution in [3.05, 3.63) is 92.9 Å². The standard InChI is InChI=1S/C22H18Cl2N4S/c1-14-9-11-16(12-10-14)25-22-28-27-20(29-22)13-15-5-2-3-8-19(15)26-21-17(23)6-4-7-18(21)24/h2-12,26H,13H2,1H3,(H,25,28). The van der Waals surface area contributed by atoms with Gasteiger partial charge in [-0.25, -0.2) is 0 Å². The van der Waals surface area contributed by atoms with Gasteiger partial charge in [0.05, 0.1) is 15.7 Å². The predicted octanol–water partition coefficient (Wildman–Crippen LogP) is 7.23. The molecule has 0 aliphatic heterocycles. The molecule has 7 heteroatoms. The summed E-state index contributed by atoms with van der Waals surface area (Å²) in [4.78, 5) is 0. The summed E-state index contributed by atoms with van der Waals surface area (Å²) in [6, 6.07) is 21.7. The van der Waals surface area contributed by atoms with E-state index in [1.165, 1.54) is 16.9 Å². The highest BCUT2D eigenvalue weighted by atomic mass is 35.5. The Morgan fingerprint density at radius 1 is 0.828 bits per heavy atom. The second-order valence-electron chi connectivity index (χ2n) is 6.55. The first kappa shape index (κ1) is 19.7. The number of hydrogen-bond acceptors (Lipinski definition) is 5. The molecule has 29 heavy (non-hydrogen) atoms. The number of nitrogens with zero attached hydrogens (tertiary/aromatic N) is 2. The lowest BCUT2D eigenvalue weighted by Crippen LogP contribution is -1.98. The van der Waals surface area contributed by atoms with E-state index in [1.54, 1.807) is 0 Å². The van der Waals surface area contributed by atoms with E-state index in [2.05, 4.69) is 46.0 Å². The monoisotopic (exact) mass is 440 g/mol. The number of nitrogens with one attached hydrogen (secondary N) is 2. The molecule has 0 aliphatic rings. The molecule has 146 valence electrons. The molecule has 1 aromatic heterocycles. The lowest BCUT2D eigenvalue weighted by molar-refractivity contribution is 1.01. The van der Waals surface area contributed by atoms with Crippen molar-refractivity contribution in [2.75, 3.05) is 10.6 Å². The van der Waals surface area contributed by atoms with Crippen LogP contribution in [0.25, 0.3) is 0 Å². The topological polar surface area (TPSA) is 49.8 Å². The van der Waals surface area contributed by atoms with Crippen molar-refractivity contribution < 1.29 is 0 Å². The van der Waals surface area contributed by atoms with Gasteiger partial charge in [-0.2, -0.15) is 0 Å². The largest absolute Gasteiger partial charge is 0.353 e. The molecule has 0 saturated carbocycles. The smallest absolute Gasteiger partial charge is 0.210 e. The number of aryl methyl sites for hydroxylation is 1. The molecular weight excluding hydrogens is 423 g/mol. The second-order valence-corrected chi connectivity index (χ2v) is 8.42. The summed E-state index contributed by atoms with van der Waals surface area (Å²) in [7, 11) is 0. The Morgan fingerprint density at radius 3 is 2.31 bits per heavy atom. The van der Waals surface area contributed by atoms with Crippen LogP contribution in [-0.2, 0) is 6.42 Å². The van der Waals surface area contributed by atoms with Crippen LogP contribution in [0, 0.1) is 6.92 Å². The summed E-state index contributed by atoms with van der Waals surface area (Å²) < 4.78 is 0.